The summed E-state index contributed by atoms with van der Waals surface area (Å²) in [6, 6.07) is 12.6. The molecule has 3 unspecified atom stereocenters. The minimum Gasteiger partial charge on any atom is -0.480 e. The van der Waals surface area contributed by atoms with Crippen molar-refractivity contribution in [2.75, 3.05) is 57.2 Å². The highest BCUT2D eigenvalue weighted by Crippen LogP contribution is 2.43. The molecule has 0 saturated heterocycles. The number of nitrogen functional groups attached to an aromatic ring is 1. The predicted octanol–water partition coefficient (Wildman–Crippen LogP) is 1.58. The van der Waals surface area contributed by atoms with Crippen LogP contribution in [0.4, 0.5) is 17.3 Å². The summed E-state index contributed by atoms with van der Waals surface area (Å²) in [7, 11) is 5.83. The van der Waals surface area contributed by atoms with E-state index in [1.807, 2.05) is 52.6 Å². The summed E-state index contributed by atoms with van der Waals surface area (Å²) >= 11 is 0. The summed E-state index contributed by atoms with van der Waals surface area (Å²) in [6.07, 6.45) is 7.09. The largest absolute Gasteiger partial charge is 0.480 e. The average Bonchev–Trinajstić information content (AvgIpc) is 1.20. The lowest BCUT2D eigenvalue weighted by molar-refractivity contribution is -0.462. The standard InChI is InChI=1S/C57H65N13O12Si/c1-30-11-12-32(24-39(30)46-37-19-17-35(69(2)3)25-42(37)83(6,7)43-26-36(70(4)5)18-20-38(43)46)50(74)59-23-9-8-10-40(52(76)62-29-45(72)73)64-54(78)48(56(81)82)66-44(71)22-21-41(55(79)80)65-51(75)31-13-15-33(16-14-31)60-27-34-28-61-49-47(63-34)53(77)68-57(58)67-49/h11-20,24-26,28,40-41,48H,8-10,21-23,27,29H2,1-7H3,(H11-,58,59,60,61,62,64,65,66,67,68,71,72,73,74,75,76,77,78,79,80,81,82)/p+1. The van der Waals surface area contributed by atoms with Crippen molar-refractivity contribution in [3.8, 4) is 0 Å². The van der Waals surface area contributed by atoms with E-state index in [1.54, 1.807) is 6.07 Å². The van der Waals surface area contributed by atoms with Gasteiger partial charge in [0.15, 0.2) is 16.9 Å². The molecule has 0 spiro atoms. The predicted molar refractivity (Wildman–Crippen MR) is 312 cm³/mol. The molecule has 5 amide bonds. The zero-order valence-electron chi connectivity index (χ0n) is 46.8. The van der Waals surface area contributed by atoms with E-state index in [-0.39, 0.29) is 60.9 Å². The summed E-state index contributed by atoms with van der Waals surface area (Å²) in [5, 5.41) is 46.4. The van der Waals surface area contributed by atoms with E-state index in [0.29, 0.717) is 16.9 Å². The van der Waals surface area contributed by atoms with Crippen LogP contribution in [-0.2, 0) is 35.3 Å². The van der Waals surface area contributed by atoms with Gasteiger partial charge in [0.25, 0.3) is 17.7 Å². The minimum absolute atomic E-state index is 0.0113. The first kappa shape index (κ1) is 60.8. The number of aryl methyl sites for hydroxylation is 1. The molecule has 0 radical (unpaired) electrons. The molecule has 83 heavy (non-hydrogen) atoms. The normalized spacial score (nSPS) is 14.2. The highest BCUT2D eigenvalue weighted by Gasteiger charge is 2.41. The maximum atomic E-state index is 13.8. The molecule has 5 aromatic rings. The molecule has 434 valence electrons. The molecular weight excluding hydrogens is 1090 g/mol. The Morgan fingerprint density at radius 2 is 1.51 bits per heavy atom. The number of carbonyl (C=O) groups excluding carboxylic acids is 5. The molecule has 3 atom stereocenters. The molecule has 2 aromatic heterocycles. The van der Waals surface area contributed by atoms with Crippen LogP contribution in [0.25, 0.3) is 16.7 Å². The molecule has 12 N–H and O–H groups in total. The van der Waals surface area contributed by atoms with Crippen molar-refractivity contribution >= 4 is 100 Å². The Bertz CT molecular complexity index is 3620. The molecule has 0 bridgehead atoms. The molecule has 26 heteroatoms. The van der Waals surface area contributed by atoms with Gasteiger partial charge in [-0.3, -0.25) is 33.6 Å². The number of carboxylic acids is 3. The van der Waals surface area contributed by atoms with Crippen LogP contribution in [0.5, 0.6) is 0 Å². The minimum atomic E-state index is -2.28. The number of rotatable bonds is 24. The first-order chi connectivity index (χ1) is 39.3. The van der Waals surface area contributed by atoms with Gasteiger partial charge in [-0.05, 0) is 125 Å². The number of carbonyl (C=O) groups is 8. The monoisotopic (exact) mass is 1150 g/mol. The fourth-order valence-electron chi connectivity index (χ4n) is 9.53. The fraction of sp³-hybridized carbons (Fsp3) is 0.316. The smallest absolute Gasteiger partial charge is 0.336 e. The molecule has 1 aliphatic carbocycles. The number of aliphatic carboxylic acids is 3. The lowest BCUT2D eigenvalue weighted by Gasteiger charge is -2.38. The molecule has 3 heterocycles. The van der Waals surface area contributed by atoms with Crippen molar-refractivity contribution in [3.05, 3.63) is 140 Å². The molecule has 3 aromatic carbocycles. The summed E-state index contributed by atoms with van der Waals surface area (Å²) in [5.41, 5.74) is 13.8. The van der Waals surface area contributed by atoms with Crippen LogP contribution in [0.15, 0.2) is 101 Å². The topological polar surface area (TPSA) is 373 Å². The van der Waals surface area contributed by atoms with Crippen molar-refractivity contribution in [1.82, 2.24) is 46.5 Å². The van der Waals surface area contributed by atoms with Crippen LogP contribution >= 0.6 is 0 Å². The van der Waals surface area contributed by atoms with Gasteiger partial charge in [0.2, 0.25) is 23.8 Å². The maximum Gasteiger partial charge on any atom is 0.336 e. The summed E-state index contributed by atoms with van der Waals surface area (Å²) < 4.78 is 2.09. The van der Waals surface area contributed by atoms with Crippen LogP contribution in [0, 0.1) is 6.92 Å². The third kappa shape index (κ3) is 14.7. The Labute approximate surface area is 477 Å². The number of nitrogens with two attached hydrogens (primary N) is 1. The van der Waals surface area contributed by atoms with Gasteiger partial charge in [-0.25, -0.2) is 24.1 Å². The van der Waals surface area contributed by atoms with Crippen molar-refractivity contribution in [2.45, 2.75) is 76.8 Å². The molecule has 0 fully saturated rings. The molecule has 1 aliphatic heterocycles. The summed E-state index contributed by atoms with van der Waals surface area (Å²) in [6.45, 7) is 6.16. The number of unbranched alkanes of at least 4 members (excludes halogenated alkanes) is 1. The van der Waals surface area contributed by atoms with E-state index in [2.05, 4.69) is 106 Å². The number of amides is 5. The number of nitrogens with zero attached hydrogens (tertiary/aromatic N) is 5. The van der Waals surface area contributed by atoms with Crippen molar-refractivity contribution in [3.63, 3.8) is 0 Å². The van der Waals surface area contributed by atoms with Gasteiger partial charge in [-0.15, -0.1) is 0 Å². The Balaban J connectivity index is 0.935. The number of allylic oxidation sites excluding steroid dienone is 5. The van der Waals surface area contributed by atoms with E-state index in [4.69, 9.17) is 5.73 Å². The van der Waals surface area contributed by atoms with E-state index in [9.17, 15) is 58.5 Å². The van der Waals surface area contributed by atoms with Crippen molar-refractivity contribution in [1.29, 1.82) is 0 Å². The van der Waals surface area contributed by atoms with Crippen molar-refractivity contribution in [2.24, 2.45) is 0 Å². The Hall–Kier alpha value is -9.85. The number of benzene rings is 3. The third-order valence-corrected chi connectivity index (χ3v) is 17.7. The van der Waals surface area contributed by atoms with Gasteiger partial charge in [0.05, 0.1) is 18.4 Å². The number of nitrogens with one attached hydrogen (secondary N) is 7. The number of carboxylic acid groups (broad SMARTS) is 3. The molecule has 0 saturated carbocycles. The number of hydrogen-bond donors (Lipinski definition) is 11. The van der Waals surface area contributed by atoms with Gasteiger partial charge >= 0.3 is 23.5 Å². The van der Waals surface area contributed by atoms with E-state index < -0.39 is 92.7 Å². The van der Waals surface area contributed by atoms with E-state index >= 15 is 0 Å². The third-order valence-electron chi connectivity index (χ3n) is 14.1. The Morgan fingerprint density at radius 3 is 2.18 bits per heavy atom. The van der Waals surface area contributed by atoms with Gasteiger partial charge in [-0.1, -0.05) is 25.2 Å². The second-order valence-corrected chi connectivity index (χ2v) is 25.2. The summed E-state index contributed by atoms with van der Waals surface area (Å²) in [5.74, 6) is -9.39. The van der Waals surface area contributed by atoms with Gasteiger partial charge in [0.1, 0.15) is 40.8 Å². The van der Waals surface area contributed by atoms with Gasteiger partial charge in [0, 0.05) is 61.7 Å². The number of hydrogen-bond acceptors (Lipinski definition) is 15. The highest BCUT2D eigenvalue weighted by atomic mass is 28.3. The number of H-pyrrole nitrogens is 1. The molecule has 2 aliphatic rings. The van der Waals surface area contributed by atoms with Crippen LogP contribution in [0.3, 0.4) is 0 Å². The first-order valence-electron chi connectivity index (χ1n) is 26.4. The Morgan fingerprint density at radius 1 is 0.783 bits per heavy atom. The SMILES string of the molecule is Cc1ccc(C(=O)NCCCCC(NC(=O)C(NC(=O)CCC(NC(=O)c2ccc(NCc3cnc4[nH]c(N)nc(=O)c4n3)cc2)C(=O)O)C(=O)O)C(=O)NCC(=O)O)cc1C1=C2C=CC(=[N+](C)C)C=C2[Si](C)(C)c2cc(N(C)C)ccc21. The number of aromatic nitrogens is 4. The second-order valence-electron chi connectivity index (χ2n) is 20.9. The van der Waals surface area contributed by atoms with Gasteiger partial charge < -0.3 is 62.8 Å². The number of fused-ring (bicyclic) bond motifs is 3. The second kappa shape index (κ2) is 26.2. The average molecular weight is 1150 g/mol. The first-order valence-corrected chi connectivity index (χ1v) is 29.4. The van der Waals surface area contributed by atoms with Gasteiger partial charge in [-0.2, -0.15) is 4.98 Å². The van der Waals surface area contributed by atoms with Crippen LogP contribution in [-0.4, -0.2) is 160 Å². The zero-order chi connectivity index (χ0) is 60.4. The van der Waals surface area contributed by atoms with Crippen molar-refractivity contribution < 1.29 is 58.3 Å². The van der Waals surface area contributed by atoms with E-state index in [1.165, 1.54) is 40.8 Å². The fourth-order valence-corrected chi connectivity index (χ4v) is 12.6. The summed E-state index contributed by atoms with van der Waals surface area (Å²) in [4.78, 5) is 131. The van der Waals surface area contributed by atoms with Crippen LogP contribution in [0.2, 0.25) is 13.1 Å². The van der Waals surface area contributed by atoms with Crippen LogP contribution < -0.4 is 53.3 Å². The maximum absolute atomic E-state index is 13.8. The molecular formula is C57H66N13O12Si+. The lowest BCUT2D eigenvalue weighted by atomic mass is 9.86. The highest BCUT2D eigenvalue weighted by molar-refractivity contribution is 6.98. The number of anilines is 3. The van der Waals surface area contributed by atoms with Crippen LogP contribution in [0.1, 0.15) is 75.2 Å². The lowest BCUT2D eigenvalue weighted by Crippen LogP contribution is -2.56. The number of aromatic amines is 1. The molecule has 7 rings (SSSR count). The quantitative estimate of drug-likeness (QED) is 0.0181. The molecule has 25 nitrogen and oxygen atoms in total. The van der Waals surface area contributed by atoms with E-state index in [0.717, 1.165) is 39.2 Å². The zero-order valence-corrected chi connectivity index (χ0v) is 47.8. The Kier molecular flexibility index (Phi) is 19.2.